The fourth-order valence-corrected chi connectivity index (χ4v) is 3.70. The van der Waals surface area contributed by atoms with Crippen molar-refractivity contribution in [3.63, 3.8) is 0 Å². The van der Waals surface area contributed by atoms with E-state index >= 15 is 0 Å². The highest BCUT2D eigenvalue weighted by molar-refractivity contribution is 9.10. The van der Waals surface area contributed by atoms with Gasteiger partial charge in [0.05, 0.1) is 5.69 Å². The maximum absolute atomic E-state index is 10.6. The summed E-state index contributed by atoms with van der Waals surface area (Å²) in [4.78, 5) is 4.34. The molecule has 2 saturated carbocycles. The molecule has 15 heavy (non-hydrogen) atoms. The molecule has 2 aliphatic rings. The van der Waals surface area contributed by atoms with Crippen LogP contribution in [0.4, 0.5) is 0 Å². The quantitative estimate of drug-likeness (QED) is 0.849. The average molecular weight is 268 g/mol. The Morgan fingerprint density at radius 3 is 2.60 bits per heavy atom. The second-order valence-corrected chi connectivity index (χ2v) is 5.51. The highest BCUT2D eigenvalue weighted by atomic mass is 79.9. The number of pyridine rings is 1. The monoisotopic (exact) mass is 267 g/mol. The van der Waals surface area contributed by atoms with E-state index in [0.29, 0.717) is 11.8 Å². The molecule has 3 rings (SSSR count). The fraction of sp³-hybridized carbons (Fsp3) is 0.583. The van der Waals surface area contributed by atoms with Gasteiger partial charge < -0.3 is 5.11 Å². The van der Waals surface area contributed by atoms with Crippen LogP contribution in [-0.4, -0.2) is 10.1 Å². The van der Waals surface area contributed by atoms with Crippen LogP contribution in [0.3, 0.4) is 0 Å². The Balaban J connectivity index is 1.98. The van der Waals surface area contributed by atoms with Crippen LogP contribution in [0.15, 0.2) is 22.8 Å². The Kier molecular flexibility index (Phi) is 2.15. The summed E-state index contributed by atoms with van der Waals surface area (Å²) in [5.41, 5.74) is 0.221. The van der Waals surface area contributed by atoms with Crippen molar-refractivity contribution >= 4 is 15.9 Å². The Morgan fingerprint density at radius 1 is 1.33 bits per heavy atom. The lowest BCUT2D eigenvalue weighted by molar-refractivity contribution is 0.112. The highest BCUT2D eigenvalue weighted by Crippen LogP contribution is 2.64. The molecule has 1 N–H and O–H groups in total. The molecule has 0 amide bonds. The van der Waals surface area contributed by atoms with E-state index in [1.807, 2.05) is 12.1 Å². The Labute approximate surface area is 97.9 Å². The predicted molar refractivity (Wildman–Crippen MR) is 61.3 cm³/mol. The maximum Gasteiger partial charge on any atom is 0.114 e. The van der Waals surface area contributed by atoms with Gasteiger partial charge in [0.1, 0.15) is 5.60 Å². The molecule has 3 heteroatoms. The third-order valence-electron chi connectivity index (χ3n) is 3.93. The zero-order chi connectivity index (χ0) is 10.5. The zero-order valence-corrected chi connectivity index (χ0v) is 10.1. The van der Waals surface area contributed by atoms with Crippen molar-refractivity contribution in [3.8, 4) is 0 Å². The summed E-state index contributed by atoms with van der Waals surface area (Å²) >= 11 is 3.48. The van der Waals surface area contributed by atoms with Crippen molar-refractivity contribution in [2.24, 2.45) is 11.8 Å². The first kappa shape index (κ1) is 9.79. The molecule has 2 atom stereocenters. The van der Waals surface area contributed by atoms with Crippen LogP contribution < -0.4 is 0 Å². The SMILES string of the molecule is OC1(c2ncccc2Br)C2CCCCC21. The molecule has 2 aliphatic carbocycles. The number of aliphatic hydroxyl groups is 1. The second-order valence-electron chi connectivity index (χ2n) is 4.66. The van der Waals surface area contributed by atoms with Gasteiger partial charge in [-0.15, -0.1) is 0 Å². The third-order valence-corrected chi connectivity index (χ3v) is 4.57. The van der Waals surface area contributed by atoms with Gasteiger partial charge in [0, 0.05) is 10.7 Å². The minimum Gasteiger partial charge on any atom is -0.383 e. The molecule has 0 radical (unpaired) electrons. The topological polar surface area (TPSA) is 33.1 Å². The molecule has 0 aliphatic heterocycles. The second kappa shape index (κ2) is 3.29. The summed E-state index contributed by atoms with van der Waals surface area (Å²) in [6.45, 7) is 0. The standard InChI is InChI=1S/C12H14BrNO/c13-10-6-3-7-14-11(10)12(15)8-4-1-2-5-9(8)12/h3,6-9,15H,1-2,4-5H2. The van der Waals surface area contributed by atoms with Gasteiger partial charge in [-0.1, -0.05) is 12.8 Å². The van der Waals surface area contributed by atoms with E-state index in [1.54, 1.807) is 6.20 Å². The molecule has 0 bridgehead atoms. The van der Waals surface area contributed by atoms with Crippen LogP contribution in [0.2, 0.25) is 0 Å². The molecule has 0 aromatic carbocycles. The molecular formula is C12H14BrNO. The van der Waals surface area contributed by atoms with Crippen molar-refractivity contribution in [2.45, 2.75) is 31.3 Å². The third kappa shape index (κ3) is 1.29. The fourth-order valence-electron chi connectivity index (χ4n) is 3.12. The van der Waals surface area contributed by atoms with Crippen LogP contribution >= 0.6 is 15.9 Å². The van der Waals surface area contributed by atoms with Crippen molar-refractivity contribution in [1.82, 2.24) is 4.98 Å². The number of hydrogen-bond donors (Lipinski definition) is 1. The van der Waals surface area contributed by atoms with Crippen molar-refractivity contribution in [1.29, 1.82) is 0 Å². The Bertz CT molecular complexity index is 381. The van der Waals surface area contributed by atoms with E-state index in [1.165, 1.54) is 12.8 Å². The first-order valence-corrected chi connectivity index (χ1v) is 6.37. The van der Waals surface area contributed by atoms with Crippen LogP contribution in [-0.2, 0) is 5.60 Å². The van der Waals surface area contributed by atoms with Crippen LogP contribution in [0.25, 0.3) is 0 Å². The van der Waals surface area contributed by atoms with Gasteiger partial charge in [0.2, 0.25) is 0 Å². The van der Waals surface area contributed by atoms with E-state index in [-0.39, 0.29) is 0 Å². The van der Waals surface area contributed by atoms with Crippen LogP contribution in [0.1, 0.15) is 31.4 Å². The smallest absolute Gasteiger partial charge is 0.114 e. The van der Waals surface area contributed by atoms with Crippen LogP contribution in [0.5, 0.6) is 0 Å². The number of nitrogens with zero attached hydrogens (tertiary/aromatic N) is 1. The van der Waals surface area contributed by atoms with E-state index in [4.69, 9.17) is 0 Å². The summed E-state index contributed by atoms with van der Waals surface area (Å²) in [5, 5.41) is 10.6. The molecular weight excluding hydrogens is 254 g/mol. The van der Waals surface area contributed by atoms with Gasteiger partial charge in [-0.25, -0.2) is 0 Å². The van der Waals surface area contributed by atoms with Crippen molar-refractivity contribution in [2.75, 3.05) is 0 Å². The molecule has 0 spiro atoms. The van der Waals surface area contributed by atoms with Gasteiger partial charge in [-0.05, 0) is 52.7 Å². The first-order valence-electron chi connectivity index (χ1n) is 5.58. The first-order chi connectivity index (χ1) is 7.24. The predicted octanol–water partition coefficient (Wildman–Crippen LogP) is 2.85. The number of hydrogen-bond acceptors (Lipinski definition) is 2. The summed E-state index contributed by atoms with van der Waals surface area (Å²) < 4.78 is 0.946. The van der Waals surface area contributed by atoms with Crippen LogP contribution in [0, 0.1) is 11.8 Å². The lowest BCUT2D eigenvalue weighted by Gasteiger charge is -2.11. The molecule has 2 fully saturated rings. The maximum atomic E-state index is 10.6. The van der Waals surface area contributed by atoms with Gasteiger partial charge in [0.25, 0.3) is 0 Å². The average Bonchev–Trinajstić information content (AvgIpc) is 2.87. The van der Waals surface area contributed by atoms with E-state index in [0.717, 1.165) is 23.0 Å². The van der Waals surface area contributed by atoms with Crippen molar-refractivity contribution < 1.29 is 5.11 Å². The molecule has 1 heterocycles. The molecule has 2 nitrogen and oxygen atoms in total. The summed E-state index contributed by atoms with van der Waals surface area (Å²) in [5.74, 6) is 0.912. The van der Waals surface area contributed by atoms with Crippen molar-refractivity contribution in [3.05, 3.63) is 28.5 Å². The summed E-state index contributed by atoms with van der Waals surface area (Å²) in [7, 11) is 0. The van der Waals surface area contributed by atoms with Gasteiger partial charge in [0.15, 0.2) is 0 Å². The molecule has 2 unspecified atom stereocenters. The zero-order valence-electron chi connectivity index (χ0n) is 8.49. The lowest BCUT2D eigenvalue weighted by Crippen LogP contribution is -2.13. The van der Waals surface area contributed by atoms with Gasteiger partial charge >= 0.3 is 0 Å². The minimum atomic E-state index is -0.628. The Morgan fingerprint density at radius 2 is 2.00 bits per heavy atom. The van der Waals surface area contributed by atoms with E-state index in [9.17, 15) is 5.11 Å². The molecule has 0 saturated heterocycles. The molecule has 1 aromatic heterocycles. The van der Waals surface area contributed by atoms with Gasteiger partial charge in [-0.3, -0.25) is 4.98 Å². The lowest BCUT2D eigenvalue weighted by atomic mass is 10.0. The Hall–Kier alpha value is -0.410. The normalized spacial score (nSPS) is 38.5. The number of aromatic nitrogens is 1. The largest absolute Gasteiger partial charge is 0.383 e. The van der Waals surface area contributed by atoms with E-state index < -0.39 is 5.60 Å². The summed E-state index contributed by atoms with van der Waals surface area (Å²) in [6, 6.07) is 3.85. The summed E-state index contributed by atoms with van der Waals surface area (Å²) in [6.07, 6.45) is 6.60. The number of rotatable bonds is 1. The number of halogens is 1. The highest BCUT2D eigenvalue weighted by Gasteiger charge is 2.66. The molecule has 1 aromatic rings. The molecule has 80 valence electrons. The van der Waals surface area contributed by atoms with Gasteiger partial charge in [-0.2, -0.15) is 0 Å². The number of fused-ring (bicyclic) bond motifs is 1. The van der Waals surface area contributed by atoms with E-state index in [2.05, 4.69) is 20.9 Å². The minimum absolute atomic E-state index is 0.456.